The largest absolute Gasteiger partial charge is 0.490 e. The molecule has 6 nitrogen and oxygen atoms in total. The zero-order chi connectivity index (χ0) is 24.0. The summed E-state index contributed by atoms with van der Waals surface area (Å²) in [6.45, 7) is 4.71. The SMILES string of the molecule is CC(C)(Cc1ccc(Oc2ncccc2C#N)cc1)PCC(O)COc1cccc2[nH]ccc12. The maximum atomic E-state index is 10.5. The third kappa shape index (κ3) is 6.14. The van der Waals surface area contributed by atoms with E-state index in [1.165, 1.54) is 5.56 Å². The molecule has 0 spiro atoms. The van der Waals surface area contributed by atoms with Gasteiger partial charge in [-0.15, -0.1) is 8.58 Å². The molecule has 0 amide bonds. The Morgan fingerprint density at radius 2 is 1.94 bits per heavy atom. The minimum atomic E-state index is -0.518. The lowest BCUT2D eigenvalue weighted by molar-refractivity contribution is 0.126. The number of nitrogens with one attached hydrogen (secondary N) is 1. The molecule has 2 unspecified atom stereocenters. The molecule has 4 aromatic rings. The quantitative estimate of drug-likeness (QED) is 0.290. The molecule has 2 aromatic heterocycles. The van der Waals surface area contributed by atoms with Crippen LogP contribution in [0.5, 0.6) is 17.4 Å². The van der Waals surface area contributed by atoms with Gasteiger partial charge in [-0.2, -0.15) is 5.26 Å². The van der Waals surface area contributed by atoms with Gasteiger partial charge in [0.05, 0.1) is 6.10 Å². The topological polar surface area (TPSA) is 91.2 Å². The van der Waals surface area contributed by atoms with Crippen molar-refractivity contribution in [1.29, 1.82) is 5.26 Å². The summed E-state index contributed by atoms with van der Waals surface area (Å²) in [7, 11) is 0.579. The van der Waals surface area contributed by atoms with E-state index in [0.29, 0.717) is 31.9 Å². The van der Waals surface area contributed by atoms with E-state index in [0.717, 1.165) is 23.1 Å². The van der Waals surface area contributed by atoms with Crippen LogP contribution >= 0.6 is 8.58 Å². The number of benzene rings is 2. The van der Waals surface area contributed by atoms with Crippen LogP contribution in [0.4, 0.5) is 0 Å². The second-order valence-corrected chi connectivity index (χ2v) is 10.9. The molecule has 0 radical (unpaired) electrons. The number of hydrogen-bond acceptors (Lipinski definition) is 5. The van der Waals surface area contributed by atoms with Crippen LogP contribution in [0.3, 0.4) is 0 Å². The third-order valence-electron chi connectivity index (χ3n) is 5.48. The molecule has 0 fully saturated rings. The summed E-state index contributed by atoms with van der Waals surface area (Å²) in [6.07, 6.45) is 4.55. The van der Waals surface area contributed by atoms with E-state index in [2.05, 4.69) is 29.9 Å². The summed E-state index contributed by atoms with van der Waals surface area (Å²) in [4.78, 5) is 7.31. The molecule has 2 aromatic carbocycles. The van der Waals surface area contributed by atoms with Crippen molar-refractivity contribution in [1.82, 2.24) is 9.97 Å². The average Bonchev–Trinajstić information content (AvgIpc) is 3.32. The van der Waals surface area contributed by atoms with E-state index in [-0.39, 0.29) is 11.8 Å². The lowest BCUT2D eigenvalue weighted by Gasteiger charge is -2.26. The summed E-state index contributed by atoms with van der Waals surface area (Å²) in [5.41, 5.74) is 2.62. The number of pyridine rings is 1. The molecule has 174 valence electrons. The lowest BCUT2D eigenvalue weighted by Crippen LogP contribution is -2.24. The molecular formula is C27H28N3O3P. The Morgan fingerprint density at radius 1 is 1.12 bits per heavy atom. The van der Waals surface area contributed by atoms with E-state index < -0.39 is 6.10 Å². The first-order chi connectivity index (χ1) is 16.4. The van der Waals surface area contributed by atoms with E-state index in [1.54, 1.807) is 18.3 Å². The molecule has 0 aliphatic rings. The smallest absolute Gasteiger partial charge is 0.237 e. The first kappa shape index (κ1) is 23.8. The van der Waals surface area contributed by atoms with Gasteiger partial charge >= 0.3 is 0 Å². The fraction of sp³-hybridized carbons (Fsp3) is 0.259. The molecule has 7 heteroatoms. The van der Waals surface area contributed by atoms with Crippen LogP contribution in [0.1, 0.15) is 25.0 Å². The van der Waals surface area contributed by atoms with Gasteiger partial charge in [-0.05, 0) is 65.8 Å². The Labute approximate surface area is 201 Å². The number of ether oxygens (including phenoxy) is 2. The summed E-state index contributed by atoms with van der Waals surface area (Å²) >= 11 is 0. The Kier molecular flexibility index (Phi) is 7.47. The van der Waals surface area contributed by atoms with Crippen molar-refractivity contribution in [3.63, 3.8) is 0 Å². The second-order valence-electron chi connectivity index (χ2n) is 8.82. The zero-order valence-electron chi connectivity index (χ0n) is 19.3. The molecule has 34 heavy (non-hydrogen) atoms. The number of aliphatic hydroxyl groups is 1. The lowest BCUT2D eigenvalue weighted by atomic mass is 10.0. The summed E-state index contributed by atoms with van der Waals surface area (Å²) < 4.78 is 11.7. The number of rotatable bonds is 10. The van der Waals surface area contributed by atoms with E-state index in [9.17, 15) is 10.4 Å². The van der Waals surface area contributed by atoms with Crippen LogP contribution in [0.25, 0.3) is 10.9 Å². The van der Waals surface area contributed by atoms with Crippen molar-refractivity contribution in [3.8, 4) is 23.4 Å². The van der Waals surface area contributed by atoms with Gasteiger partial charge in [0.15, 0.2) is 0 Å². The van der Waals surface area contributed by atoms with Crippen LogP contribution in [-0.4, -0.2) is 39.1 Å². The fourth-order valence-electron chi connectivity index (χ4n) is 3.74. The van der Waals surface area contributed by atoms with Crippen molar-refractivity contribution in [2.24, 2.45) is 0 Å². The van der Waals surface area contributed by atoms with Crippen LogP contribution in [-0.2, 0) is 6.42 Å². The van der Waals surface area contributed by atoms with Crippen molar-refractivity contribution in [2.75, 3.05) is 12.8 Å². The van der Waals surface area contributed by atoms with Gasteiger partial charge in [-0.25, -0.2) is 4.98 Å². The van der Waals surface area contributed by atoms with Gasteiger partial charge in [0.2, 0.25) is 5.88 Å². The van der Waals surface area contributed by atoms with E-state index >= 15 is 0 Å². The van der Waals surface area contributed by atoms with Gasteiger partial charge in [0.25, 0.3) is 0 Å². The average molecular weight is 474 g/mol. The van der Waals surface area contributed by atoms with Crippen LogP contribution in [0.15, 0.2) is 73.1 Å². The number of nitriles is 1. The summed E-state index contributed by atoms with van der Waals surface area (Å²) in [6, 6.07) is 21.2. The number of aromatic nitrogens is 2. The Bertz CT molecular complexity index is 1280. The third-order valence-corrected chi connectivity index (χ3v) is 7.29. The van der Waals surface area contributed by atoms with Gasteiger partial charge in [0.1, 0.15) is 29.7 Å². The molecular weight excluding hydrogens is 445 g/mol. The first-order valence-corrected chi connectivity index (χ1v) is 12.4. The van der Waals surface area contributed by atoms with Crippen LogP contribution in [0, 0.1) is 11.3 Å². The molecule has 0 saturated carbocycles. The number of nitrogens with zero attached hydrogens (tertiary/aromatic N) is 2. The minimum absolute atomic E-state index is 0.0406. The number of fused-ring (bicyclic) bond motifs is 1. The second kappa shape index (κ2) is 10.7. The van der Waals surface area contributed by atoms with Crippen molar-refractivity contribution in [2.45, 2.75) is 31.5 Å². The minimum Gasteiger partial charge on any atom is -0.490 e. The van der Waals surface area contributed by atoms with E-state index in [4.69, 9.17) is 9.47 Å². The maximum absolute atomic E-state index is 10.5. The highest BCUT2D eigenvalue weighted by molar-refractivity contribution is 7.40. The summed E-state index contributed by atoms with van der Waals surface area (Å²) in [5, 5.41) is 20.8. The van der Waals surface area contributed by atoms with Crippen molar-refractivity contribution >= 4 is 19.5 Å². The number of hydrogen-bond donors (Lipinski definition) is 2. The molecule has 0 saturated heterocycles. The van der Waals surface area contributed by atoms with E-state index in [1.807, 2.05) is 54.7 Å². The number of aromatic amines is 1. The zero-order valence-corrected chi connectivity index (χ0v) is 20.3. The molecule has 0 aliphatic carbocycles. The highest BCUT2D eigenvalue weighted by Crippen LogP contribution is 2.36. The molecule has 0 aliphatic heterocycles. The predicted molar refractivity (Wildman–Crippen MR) is 136 cm³/mol. The van der Waals surface area contributed by atoms with Crippen molar-refractivity contribution < 1.29 is 14.6 Å². The van der Waals surface area contributed by atoms with Gasteiger partial charge < -0.3 is 19.6 Å². The normalized spacial score (nSPS) is 12.6. The highest BCUT2D eigenvalue weighted by atomic mass is 31.1. The number of aliphatic hydroxyl groups excluding tert-OH is 1. The Hall–Kier alpha value is -3.39. The first-order valence-electron chi connectivity index (χ1n) is 11.2. The van der Waals surface area contributed by atoms with Gasteiger partial charge in [-0.3, -0.25) is 0 Å². The molecule has 2 atom stereocenters. The Morgan fingerprint density at radius 3 is 2.74 bits per heavy atom. The van der Waals surface area contributed by atoms with Crippen molar-refractivity contribution in [3.05, 3.63) is 84.2 Å². The molecule has 0 bridgehead atoms. The Balaban J connectivity index is 1.27. The molecule has 2 heterocycles. The monoisotopic (exact) mass is 473 g/mol. The summed E-state index contributed by atoms with van der Waals surface area (Å²) in [5.74, 6) is 1.74. The molecule has 2 N–H and O–H groups in total. The van der Waals surface area contributed by atoms with Gasteiger partial charge in [-0.1, -0.05) is 32.0 Å². The van der Waals surface area contributed by atoms with Crippen LogP contribution < -0.4 is 9.47 Å². The highest BCUT2D eigenvalue weighted by Gasteiger charge is 2.21. The number of H-pyrrole nitrogens is 1. The maximum Gasteiger partial charge on any atom is 0.237 e. The standard InChI is InChI=1S/C27H28N3O3P/c1-27(2,34-18-21(31)17-32-25-7-3-6-24-23(25)12-14-29-24)15-19-8-10-22(11-9-19)33-26-20(16-28)5-4-13-30-26/h3-14,21,29,31,34H,15,17-18H2,1-2H3. The van der Waals surface area contributed by atoms with Gasteiger partial charge in [0, 0.05) is 23.3 Å². The predicted octanol–water partition coefficient (Wildman–Crippen LogP) is 5.67. The fourth-order valence-corrected chi connectivity index (χ4v) is 4.97. The molecule has 4 rings (SSSR count). The van der Waals surface area contributed by atoms with Crippen LogP contribution in [0.2, 0.25) is 0 Å².